The van der Waals surface area contributed by atoms with Crippen LogP contribution in [-0.4, -0.2) is 143 Å². The average molecular weight is 1270 g/mol. The fourth-order valence-electron chi connectivity index (χ4n) is 9.57. The molecule has 0 aliphatic carbocycles. The molecule has 494 valence electrons. The largest absolute Gasteiger partial charge is 0.496 e. The fourth-order valence-corrected chi connectivity index (χ4v) is 9.57. The highest BCUT2D eigenvalue weighted by atomic mass is 16.5. The quantitative estimate of drug-likeness (QED) is 0.0248. The Labute approximate surface area is 532 Å². The maximum absolute atomic E-state index is 14.3. The Morgan fingerprint density at radius 2 is 0.641 bits per heavy atom. The third-order valence-corrected chi connectivity index (χ3v) is 14.5. The van der Waals surface area contributed by atoms with Crippen LogP contribution >= 0.6 is 0 Å². The number of unbranched alkanes of at least 4 members (excludes halogenated alkanes) is 4. The predicted molar refractivity (Wildman–Crippen MR) is 345 cm³/mol. The number of carboxylic acids is 1. The molecule has 0 saturated heterocycles. The molecule has 28 nitrogen and oxygen atoms in total. The number of hydrogen-bond donors (Lipinski definition) is 14. The van der Waals surface area contributed by atoms with Gasteiger partial charge in [0.25, 0.3) is 29.5 Å². The molecule has 0 bridgehead atoms. The van der Waals surface area contributed by atoms with Crippen molar-refractivity contribution in [2.45, 2.75) is 101 Å². The van der Waals surface area contributed by atoms with Gasteiger partial charge in [0, 0.05) is 28.3 Å². The third kappa shape index (κ3) is 21.5. The second-order valence-corrected chi connectivity index (χ2v) is 21.1. The lowest BCUT2D eigenvalue weighted by atomic mass is 10.0. The molecule has 0 saturated carbocycles. The molecule has 0 unspecified atom stereocenters. The molecule has 0 aliphatic rings. The van der Waals surface area contributed by atoms with Crippen LogP contribution in [0.1, 0.15) is 139 Å². The van der Waals surface area contributed by atoms with Crippen molar-refractivity contribution < 1.29 is 72.0 Å². The highest BCUT2D eigenvalue weighted by Crippen LogP contribution is 2.28. The first-order chi connectivity index (χ1) is 44.2. The summed E-state index contributed by atoms with van der Waals surface area (Å²) in [6.45, 7) is 1.23. The van der Waals surface area contributed by atoms with Gasteiger partial charge in [-0.25, -0.2) is 4.79 Å². The lowest BCUT2D eigenvalue weighted by Gasteiger charge is -2.22. The molecule has 9 amide bonds. The van der Waals surface area contributed by atoms with Gasteiger partial charge in [0.2, 0.25) is 23.6 Å². The van der Waals surface area contributed by atoms with E-state index in [9.17, 15) is 53.1 Å². The molecule has 5 rings (SSSR count). The summed E-state index contributed by atoms with van der Waals surface area (Å²) in [7, 11) is 5.36. The standard InChI is InChI=1S/C64H83N13O15/c1-89-51-24-20-39(33-43(51)55(69)78)70-61(84)48(17-6-10-29-66)75-57(80)45-35-41(22-26-53(45)91-3)72-63(86)50(19-8-12-31-68)77-59(82)46-36-42(23-27-54(46)92-4)73-62(85)49(18-7-11-30-67)76-58(81)44-34-40(21-25-52(44)90-2)71-60(83)47(16-5-9-28-65)74-56(79)37-14-13-15-38(32-37)64(87)88/h13-15,20-27,32-36,47-50H,5-12,16-19,28-31,65-68H2,1-4H3,(H2,69,78)(H,70,84)(H,71,83)(H,72,86)(H,73,85)(H,74,79)(H,75,80)(H,76,81)(H,77,82)(H,87,88)/t47-,48-,49-,50-/m0/s1. The second kappa shape index (κ2) is 37.1. The Kier molecular flexibility index (Phi) is 29.3. The number of amides is 9. The molecule has 0 fully saturated rings. The Balaban J connectivity index is 1.33. The van der Waals surface area contributed by atoms with Gasteiger partial charge >= 0.3 is 5.97 Å². The van der Waals surface area contributed by atoms with E-state index < -0.39 is 83.3 Å². The molecule has 0 radical (unpaired) electrons. The van der Waals surface area contributed by atoms with Crippen LogP contribution in [0.25, 0.3) is 0 Å². The van der Waals surface area contributed by atoms with Crippen molar-refractivity contribution in [2.24, 2.45) is 28.7 Å². The number of nitrogens with one attached hydrogen (secondary N) is 8. The predicted octanol–water partition coefficient (Wildman–Crippen LogP) is 3.98. The number of anilines is 4. The molecule has 0 heterocycles. The molecule has 0 aliphatic heterocycles. The zero-order chi connectivity index (χ0) is 67.3. The van der Waals surface area contributed by atoms with Crippen molar-refractivity contribution >= 4 is 81.9 Å². The van der Waals surface area contributed by atoms with Crippen LogP contribution in [0.2, 0.25) is 0 Å². The highest BCUT2D eigenvalue weighted by molar-refractivity contribution is 6.08. The molecule has 92 heavy (non-hydrogen) atoms. The van der Waals surface area contributed by atoms with Crippen LogP contribution in [-0.2, 0) is 19.2 Å². The Hall–Kier alpha value is -10.2. The van der Waals surface area contributed by atoms with E-state index in [0.717, 1.165) is 0 Å². The van der Waals surface area contributed by atoms with Crippen LogP contribution in [0.4, 0.5) is 22.7 Å². The van der Waals surface area contributed by atoms with Crippen LogP contribution in [0.15, 0.2) is 97.1 Å². The topological polar surface area (TPSA) is 454 Å². The molecule has 19 N–H and O–H groups in total. The van der Waals surface area contributed by atoms with E-state index in [2.05, 4.69) is 42.5 Å². The molecule has 0 aromatic heterocycles. The number of methoxy groups -OCH3 is 4. The molecular formula is C64H83N13O15. The van der Waals surface area contributed by atoms with Crippen molar-refractivity contribution in [1.29, 1.82) is 0 Å². The Morgan fingerprint density at radius 1 is 0.370 bits per heavy atom. The molecular weight excluding hydrogens is 1190 g/mol. The first-order valence-corrected chi connectivity index (χ1v) is 29.9. The second-order valence-electron chi connectivity index (χ2n) is 21.1. The van der Waals surface area contributed by atoms with Gasteiger partial charge in [-0.2, -0.15) is 0 Å². The van der Waals surface area contributed by atoms with E-state index in [0.29, 0.717) is 64.5 Å². The minimum atomic E-state index is -1.24. The number of ether oxygens (including phenoxy) is 4. The number of carboxylic acid groups (broad SMARTS) is 1. The maximum atomic E-state index is 14.3. The number of carbonyl (C=O) groups is 10. The van der Waals surface area contributed by atoms with Gasteiger partial charge < -0.3 is 95.3 Å². The SMILES string of the molecule is COc1ccc(NC(=O)[C@H](CCCCN)NC(=O)c2cc(NC(=O)[C@H](CCCCN)NC(=O)c3cc(NC(=O)[C@H](CCCCN)NC(=O)c4cc(NC(=O)[C@H](CCCCN)NC(=O)c5cccc(C(=O)O)c5)ccc4OC)ccc3OC)ccc2OC)cc1C(N)=O. The van der Waals surface area contributed by atoms with Crippen molar-refractivity contribution in [2.75, 3.05) is 75.9 Å². The highest BCUT2D eigenvalue weighted by Gasteiger charge is 2.30. The molecule has 5 aromatic carbocycles. The van der Waals surface area contributed by atoms with Gasteiger partial charge in [-0.3, -0.25) is 43.2 Å². The number of rotatable bonds is 38. The van der Waals surface area contributed by atoms with E-state index in [1.54, 1.807) is 0 Å². The minimum Gasteiger partial charge on any atom is -0.496 e. The summed E-state index contributed by atoms with van der Waals surface area (Å²) in [6.07, 6.45) is 4.34. The van der Waals surface area contributed by atoms with Gasteiger partial charge in [0.15, 0.2) is 0 Å². The zero-order valence-electron chi connectivity index (χ0n) is 51.9. The first kappa shape index (κ1) is 72.6. The van der Waals surface area contributed by atoms with E-state index >= 15 is 0 Å². The normalized spacial score (nSPS) is 12.1. The average Bonchev–Trinajstić information content (AvgIpc) is 1.33. The van der Waals surface area contributed by atoms with Gasteiger partial charge in [-0.15, -0.1) is 0 Å². The monoisotopic (exact) mass is 1270 g/mol. The number of aromatic carboxylic acids is 1. The summed E-state index contributed by atoms with van der Waals surface area (Å²) in [6, 6.07) is 17.8. The molecule has 0 spiro atoms. The van der Waals surface area contributed by atoms with E-state index in [-0.39, 0.29) is 118 Å². The Morgan fingerprint density at radius 3 is 0.913 bits per heavy atom. The number of benzene rings is 5. The molecule has 5 aromatic rings. The van der Waals surface area contributed by atoms with Gasteiger partial charge in [-0.1, -0.05) is 6.07 Å². The first-order valence-electron chi connectivity index (χ1n) is 29.9. The number of carbonyl (C=O) groups excluding carboxylic acids is 9. The fraction of sp³-hybridized carbons (Fsp3) is 0.375. The van der Waals surface area contributed by atoms with Crippen molar-refractivity contribution in [3.63, 3.8) is 0 Å². The van der Waals surface area contributed by atoms with Crippen LogP contribution in [0.5, 0.6) is 23.0 Å². The molecule has 4 atom stereocenters. The Bertz CT molecular complexity index is 3420. The van der Waals surface area contributed by atoms with Crippen molar-refractivity contribution in [3.8, 4) is 23.0 Å². The smallest absolute Gasteiger partial charge is 0.335 e. The maximum Gasteiger partial charge on any atom is 0.335 e. The third-order valence-electron chi connectivity index (χ3n) is 14.5. The minimum absolute atomic E-state index is 0.0204. The lowest BCUT2D eigenvalue weighted by Crippen LogP contribution is -2.44. The van der Waals surface area contributed by atoms with Crippen LogP contribution < -0.4 is 90.2 Å². The van der Waals surface area contributed by atoms with E-state index in [1.165, 1.54) is 126 Å². The molecule has 28 heteroatoms. The van der Waals surface area contributed by atoms with E-state index in [4.69, 9.17) is 47.6 Å². The number of primary amides is 1. The number of nitrogens with two attached hydrogens (primary N) is 5. The summed E-state index contributed by atoms with van der Waals surface area (Å²) in [5.41, 5.74) is 28.9. The van der Waals surface area contributed by atoms with Crippen molar-refractivity contribution in [3.05, 3.63) is 130 Å². The van der Waals surface area contributed by atoms with E-state index in [1.807, 2.05) is 0 Å². The van der Waals surface area contributed by atoms with Crippen LogP contribution in [0.3, 0.4) is 0 Å². The summed E-state index contributed by atoms with van der Waals surface area (Å²) in [5.74, 6) is -7.17. The zero-order valence-corrected chi connectivity index (χ0v) is 51.9. The van der Waals surface area contributed by atoms with Crippen molar-refractivity contribution in [1.82, 2.24) is 21.3 Å². The van der Waals surface area contributed by atoms with Gasteiger partial charge in [0.1, 0.15) is 47.2 Å². The summed E-state index contributed by atoms with van der Waals surface area (Å²) in [5, 5.41) is 31.4. The summed E-state index contributed by atoms with van der Waals surface area (Å²) in [4.78, 5) is 136. The summed E-state index contributed by atoms with van der Waals surface area (Å²) >= 11 is 0. The van der Waals surface area contributed by atoms with Gasteiger partial charge in [-0.05, 0) is 194 Å². The van der Waals surface area contributed by atoms with Gasteiger partial charge in [0.05, 0.1) is 56.3 Å². The lowest BCUT2D eigenvalue weighted by molar-refractivity contribution is -0.118. The number of hydrogen-bond acceptors (Lipinski definition) is 18. The van der Waals surface area contributed by atoms with Crippen LogP contribution in [0, 0.1) is 0 Å². The summed E-state index contributed by atoms with van der Waals surface area (Å²) < 4.78 is 21.8.